The summed E-state index contributed by atoms with van der Waals surface area (Å²) in [6, 6.07) is 16.0. The molecule has 0 spiro atoms. The van der Waals surface area contributed by atoms with Crippen LogP contribution in [0.2, 0.25) is 0 Å². The minimum absolute atomic E-state index is 0.00372. The number of ether oxygens (including phenoxy) is 3. The Balaban J connectivity index is 1.66. The highest BCUT2D eigenvalue weighted by atomic mass is 16.5. The first kappa shape index (κ1) is 19.2. The number of benzene rings is 2. The number of rotatable bonds is 7. The van der Waals surface area contributed by atoms with Crippen LogP contribution < -0.4 is 14.8 Å². The van der Waals surface area contributed by atoms with E-state index in [1.54, 1.807) is 14.2 Å². The van der Waals surface area contributed by atoms with E-state index in [0.29, 0.717) is 24.5 Å². The Morgan fingerprint density at radius 2 is 1.74 bits per heavy atom. The highest BCUT2D eigenvalue weighted by Crippen LogP contribution is 2.34. The lowest BCUT2D eigenvalue weighted by molar-refractivity contribution is -0.120. The molecule has 0 saturated carbocycles. The van der Waals surface area contributed by atoms with Crippen molar-refractivity contribution >= 4 is 5.91 Å². The lowest BCUT2D eigenvalue weighted by Gasteiger charge is -2.38. The van der Waals surface area contributed by atoms with Crippen molar-refractivity contribution in [3.8, 4) is 11.5 Å². The van der Waals surface area contributed by atoms with Crippen molar-refractivity contribution in [1.29, 1.82) is 0 Å². The summed E-state index contributed by atoms with van der Waals surface area (Å²) in [7, 11) is 3.19. The summed E-state index contributed by atoms with van der Waals surface area (Å²) in [5, 5.41) is 3.14. The molecule has 1 aliphatic rings. The molecule has 144 valence electrons. The Kier molecular flexibility index (Phi) is 6.35. The molecular formula is C22H27NO4. The van der Waals surface area contributed by atoms with Gasteiger partial charge in [0.15, 0.2) is 11.5 Å². The Labute approximate surface area is 160 Å². The number of methoxy groups -OCH3 is 2. The van der Waals surface area contributed by atoms with Crippen molar-refractivity contribution in [2.24, 2.45) is 0 Å². The van der Waals surface area contributed by atoms with Crippen LogP contribution in [0.3, 0.4) is 0 Å². The third kappa shape index (κ3) is 4.61. The second-order valence-corrected chi connectivity index (χ2v) is 6.90. The van der Waals surface area contributed by atoms with Crippen molar-refractivity contribution in [1.82, 2.24) is 5.32 Å². The van der Waals surface area contributed by atoms with Gasteiger partial charge in [0.2, 0.25) is 5.91 Å². The van der Waals surface area contributed by atoms with Crippen LogP contribution >= 0.6 is 0 Å². The van der Waals surface area contributed by atoms with Crippen molar-refractivity contribution in [2.75, 3.05) is 34.0 Å². The van der Waals surface area contributed by atoms with Crippen LogP contribution in [-0.4, -0.2) is 39.9 Å². The second-order valence-electron chi connectivity index (χ2n) is 6.90. The third-order valence-corrected chi connectivity index (χ3v) is 5.27. The van der Waals surface area contributed by atoms with Crippen LogP contribution in [0.1, 0.15) is 24.0 Å². The topological polar surface area (TPSA) is 56.8 Å². The molecular weight excluding hydrogens is 342 g/mol. The van der Waals surface area contributed by atoms with Gasteiger partial charge < -0.3 is 19.5 Å². The SMILES string of the molecule is COc1ccc(CC(=O)NCC2(c3ccccc3)CCOCC2)cc1OC. The van der Waals surface area contributed by atoms with Gasteiger partial charge in [-0.1, -0.05) is 36.4 Å². The molecule has 1 amide bonds. The summed E-state index contributed by atoms with van der Waals surface area (Å²) in [4.78, 5) is 12.6. The quantitative estimate of drug-likeness (QED) is 0.815. The normalized spacial score (nSPS) is 15.8. The molecule has 5 nitrogen and oxygen atoms in total. The maximum atomic E-state index is 12.6. The highest BCUT2D eigenvalue weighted by molar-refractivity contribution is 5.79. The first-order chi connectivity index (χ1) is 13.2. The monoisotopic (exact) mass is 369 g/mol. The third-order valence-electron chi connectivity index (χ3n) is 5.27. The van der Waals surface area contributed by atoms with Gasteiger partial charge in [-0.15, -0.1) is 0 Å². The number of hydrogen-bond donors (Lipinski definition) is 1. The molecule has 2 aromatic carbocycles. The largest absolute Gasteiger partial charge is 0.493 e. The van der Waals surface area contributed by atoms with Crippen LogP contribution in [-0.2, 0) is 21.4 Å². The predicted octanol–water partition coefficient (Wildman–Crippen LogP) is 3.11. The summed E-state index contributed by atoms with van der Waals surface area (Å²) in [6.45, 7) is 2.06. The smallest absolute Gasteiger partial charge is 0.224 e. The van der Waals surface area contributed by atoms with Crippen LogP contribution in [0.4, 0.5) is 0 Å². The number of amides is 1. The Bertz CT molecular complexity index is 754. The fraction of sp³-hybridized carbons (Fsp3) is 0.409. The van der Waals surface area contributed by atoms with E-state index in [2.05, 4.69) is 29.6 Å². The molecule has 1 N–H and O–H groups in total. The first-order valence-corrected chi connectivity index (χ1v) is 9.28. The molecule has 0 aromatic heterocycles. The van der Waals surface area contributed by atoms with Gasteiger partial charge in [0, 0.05) is 25.2 Å². The number of hydrogen-bond acceptors (Lipinski definition) is 4. The van der Waals surface area contributed by atoms with Crippen molar-refractivity contribution in [2.45, 2.75) is 24.7 Å². The van der Waals surface area contributed by atoms with Crippen molar-refractivity contribution in [3.63, 3.8) is 0 Å². The summed E-state index contributed by atoms with van der Waals surface area (Å²) in [6.07, 6.45) is 2.13. The molecule has 1 fully saturated rings. The van der Waals surface area contributed by atoms with Crippen LogP contribution in [0.15, 0.2) is 48.5 Å². The first-order valence-electron chi connectivity index (χ1n) is 9.28. The molecule has 0 radical (unpaired) electrons. The average Bonchev–Trinajstić information content (AvgIpc) is 2.73. The summed E-state index contributed by atoms with van der Waals surface area (Å²) in [5.41, 5.74) is 2.10. The van der Waals surface area contributed by atoms with E-state index in [1.807, 2.05) is 24.3 Å². The van der Waals surface area contributed by atoms with Gasteiger partial charge in [-0.3, -0.25) is 4.79 Å². The van der Waals surface area contributed by atoms with E-state index < -0.39 is 0 Å². The lowest BCUT2D eigenvalue weighted by atomic mass is 9.74. The number of nitrogens with one attached hydrogen (secondary N) is 1. The highest BCUT2D eigenvalue weighted by Gasteiger charge is 2.34. The van der Waals surface area contributed by atoms with Crippen LogP contribution in [0.5, 0.6) is 11.5 Å². The molecule has 3 rings (SSSR count). The van der Waals surface area contributed by atoms with Gasteiger partial charge in [-0.2, -0.15) is 0 Å². The fourth-order valence-corrected chi connectivity index (χ4v) is 3.63. The van der Waals surface area contributed by atoms with E-state index in [-0.39, 0.29) is 11.3 Å². The number of carbonyl (C=O) groups excluding carboxylic acids is 1. The Hall–Kier alpha value is -2.53. The van der Waals surface area contributed by atoms with Gasteiger partial charge in [-0.05, 0) is 36.1 Å². The molecule has 2 aromatic rings. The molecule has 0 bridgehead atoms. The molecule has 27 heavy (non-hydrogen) atoms. The minimum atomic E-state index is -0.0627. The van der Waals surface area contributed by atoms with E-state index in [0.717, 1.165) is 31.6 Å². The average molecular weight is 369 g/mol. The Morgan fingerprint density at radius 3 is 2.41 bits per heavy atom. The summed E-state index contributed by atoms with van der Waals surface area (Å²) >= 11 is 0. The van der Waals surface area contributed by atoms with E-state index in [1.165, 1.54) is 5.56 Å². The van der Waals surface area contributed by atoms with Gasteiger partial charge in [-0.25, -0.2) is 0 Å². The van der Waals surface area contributed by atoms with Gasteiger partial charge in [0.05, 0.1) is 20.6 Å². The van der Waals surface area contributed by atoms with E-state index in [9.17, 15) is 4.79 Å². The van der Waals surface area contributed by atoms with Gasteiger partial charge in [0.25, 0.3) is 0 Å². The van der Waals surface area contributed by atoms with Crippen molar-refractivity contribution < 1.29 is 19.0 Å². The minimum Gasteiger partial charge on any atom is -0.493 e. The zero-order valence-corrected chi connectivity index (χ0v) is 16.0. The molecule has 5 heteroatoms. The summed E-state index contributed by atoms with van der Waals surface area (Å²) < 4.78 is 16.1. The molecule has 1 aliphatic heterocycles. The maximum Gasteiger partial charge on any atom is 0.224 e. The van der Waals surface area contributed by atoms with Gasteiger partial charge in [0.1, 0.15) is 0 Å². The zero-order chi connectivity index (χ0) is 19.1. The predicted molar refractivity (Wildman–Crippen MR) is 104 cm³/mol. The Morgan fingerprint density at radius 1 is 1.04 bits per heavy atom. The van der Waals surface area contributed by atoms with E-state index >= 15 is 0 Å². The van der Waals surface area contributed by atoms with E-state index in [4.69, 9.17) is 14.2 Å². The molecule has 0 atom stereocenters. The second kappa shape index (κ2) is 8.91. The lowest BCUT2D eigenvalue weighted by Crippen LogP contribution is -2.45. The maximum absolute atomic E-state index is 12.6. The fourth-order valence-electron chi connectivity index (χ4n) is 3.63. The van der Waals surface area contributed by atoms with Crippen LogP contribution in [0.25, 0.3) is 0 Å². The number of carbonyl (C=O) groups is 1. The molecule has 0 unspecified atom stereocenters. The molecule has 0 aliphatic carbocycles. The standard InChI is InChI=1S/C22H27NO4/c1-25-19-9-8-17(14-20(19)26-2)15-21(24)23-16-22(10-12-27-13-11-22)18-6-4-3-5-7-18/h3-9,14H,10-13,15-16H2,1-2H3,(H,23,24). The summed E-state index contributed by atoms with van der Waals surface area (Å²) in [5.74, 6) is 1.30. The van der Waals surface area contributed by atoms with Gasteiger partial charge >= 0.3 is 0 Å². The molecule has 1 heterocycles. The van der Waals surface area contributed by atoms with Crippen molar-refractivity contribution in [3.05, 3.63) is 59.7 Å². The van der Waals surface area contributed by atoms with Crippen LogP contribution in [0, 0.1) is 0 Å². The zero-order valence-electron chi connectivity index (χ0n) is 16.0. The molecule has 1 saturated heterocycles.